The number of hydrogen-bond donors (Lipinski definition) is 2. The highest BCUT2D eigenvalue weighted by Crippen LogP contribution is 2.22. The van der Waals surface area contributed by atoms with Gasteiger partial charge in [-0.25, -0.2) is 18.1 Å². The van der Waals surface area contributed by atoms with Crippen molar-refractivity contribution >= 4 is 21.1 Å². The number of imidazole rings is 1. The molecule has 0 saturated heterocycles. The predicted molar refractivity (Wildman–Crippen MR) is 73.4 cm³/mol. The van der Waals surface area contributed by atoms with Gasteiger partial charge >= 0.3 is 0 Å². The summed E-state index contributed by atoms with van der Waals surface area (Å²) in [7, 11) is -3.42. The lowest BCUT2D eigenvalue weighted by Gasteiger charge is -2.12. The minimum atomic E-state index is -3.42. The van der Waals surface area contributed by atoms with E-state index in [1.54, 1.807) is 18.2 Å². The monoisotopic (exact) mass is 279 g/mol. The molecule has 1 aromatic heterocycles. The van der Waals surface area contributed by atoms with Crippen molar-refractivity contribution < 1.29 is 8.42 Å². The smallest absolute Gasteiger partial charge is 0.240 e. The van der Waals surface area contributed by atoms with Gasteiger partial charge in [0, 0.05) is 6.04 Å². The van der Waals surface area contributed by atoms with Gasteiger partial charge in [-0.3, -0.25) is 0 Å². The molecule has 0 aliphatic heterocycles. The molecule has 1 heterocycles. The molecule has 1 saturated carbocycles. The second kappa shape index (κ2) is 4.61. The number of H-pyrrole nitrogens is 1. The van der Waals surface area contributed by atoms with Crippen LogP contribution in [-0.2, 0) is 10.0 Å². The number of nitrogens with one attached hydrogen (secondary N) is 2. The van der Waals surface area contributed by atoms with Crippen LogP contribution in [0.25, 0.3) is 11.0 Å². The molecule has 2 aromatic rings. The Balaban J connectivity index is 1.93. The molecule has 0 amide bonds. The van der Waals surface area contributed by atoms with Gasteiger partial charge in [0.15, 0.2) is 0 Å². The summed E-state index contributed by atoms with van der Waals surface area (Å²) in [5, 5.41) is 0. The van der Waals surface area contributed by atoms with E-state index in [0.717, 1.165) is 42.5 Å². The minimum absolute atomic E-state index is 0.0872. The van der Waals surface area contributed by atoms with Gasteiger partial charge in [-0.15, -0.1) is 0 Å². The average molecular weight is 279 g/mol. The van der Waals surface area contributed by atoms with E-state index in [1.807, 2.05) is 6.92 Å². The number of sulfonamides is 1. The number of aryl methyl sites for hydroxylation is 1. The van der Waals surface area contributed by atoms with Gasteiger partial charge in [0.25, 0.3) is 0 Å². The Morgan fingerprint density at radius 2 is 2.05 bits per heavy atom. The summed E-state index contributed by atoms with van der Waals surface area (Å²) >= 11 is 0. The van der Waals surface area contributed by atoms with E-state index in [0.29, 0.717) is 4.90 Å². The maximum atomic E-state index is 12.3. The van der Waals surface area contributed by atoms with Crippen LogP contribution in [0.15, 0.2) is 23.1 Å². The Bertz CT molecular complexity index is 700. The van der Waals surface area contributed by atoms with E-state index in [4.69, 9.17) is 0 Å². The molecule has 1 aliphatic rings. The van der Waals surface area contributed by atoms with Gasteiger partial charge in [0.2, 0.25) is 10.0 Å². The molecule has 0 bridgehead atoms. The molecule has 102 valence electrons. The van der Waals surface area contributed by atoms with Gasteiger partial charge < -0.3 is 4.98 Å². The SMILES string of the molecule is Cc1nc2ccc(S(=O)(=O)NC3CCCC3)cc2[nH]1. The molecule has 0 spiro atoms. The molecule has 0 unspecified atom stereocenters. The van der Waals surface area contributed by atoms with Crippen LogP contribution >= 0.6 is 0 Å². The molecular weight excluding hydrogens is 262 g/mol. The largest absolute Gasteiger partial charge is 0.342 e. The summed E-state index contributed by atoms with van der Waals surface area (Å²) in [5.74, 6) is 0.785. The summed E-state index contributed by atoms with van der Waals surface area (Å²) < 4.78 is 27.4. The van der Waals surface area contributed by atoms with Crippen LogP contribution in [0, 0.1) is 6.92 Å². The highest BCUT2D eigenvalue weighted by Gasteiger charge is 2.23. The van der Waals surface area contributed by atoms with E-state index >= 15 is 0 Å². The number of fused-ring (bicyclic) bond motifs is 1. The van der Waals surface area contributed by atoms with Crippen molar-refractivity contribution in [3.63, 3.8) is 0 Å². The molecule has 1 aliphatic carbocycles. The highest BCUT2D eigenvalue weighted by molar-refractivity contribution is 7.89. The standard InChI is InChI=1S/C13H17N3O2S/c1-9-14-12-7-6-11(8-13(12)15-9)19(17,18)16-10-4-2-3-5-10/h6-8,10,16H,2-5H2,1H3,(H,14,15). The van der Waals surface area contributed by atoms with E-state index in [1.165, 1.54) is 0 Å². The third-order valence-corrected chi connectivity index (χ3v) is 5.08. The van der Waals surface area contributed by atoms with Crippen LogP contribution in [0.4, 0.5) is 0 Å². The summed E-state index contributed by atoms with van der Waals surface area (Å²) in [6.07, 6.45) is 4.08. The first-order valence-corrected chi connectivity index (χ1v) is 8.02. The normalized spacial score (nSPS) is 17.3. The molecular formula is C13H17N3O2S. The molecule has 3 rings (SSSR count). The molecule has 19 heavy (non-hydrogen) atoms. The summed E-state index contributed by atoms with van der Waals surface area (Å²) in [6.45, 7) is 1.85. The van der Waals surface area contributed by atoms with Crippen molar-refractivity contribution in [2.75, 3.05) is 0 Å². The first-order chi connectivity index (χ1) is 9.04. The Kier molecular flexibility index (Phi) is 3.06. The quantitative estimate of drug-likeness (QED) is 0.903. The van der Waals surface area contributed by atoms with E-state index in [2.05, 4.69) is 14.7 Å². The summed E-state index contributed by atoms with van der Waals surface area (Å²) in [5.41, 5.74) is 1.55. The van der Waals surface area contributed by atoms with Crippen LogP contribution in [0.2, 0.25) is 0 Å². The Hall–Kier alpha value is -1.40. The lowest BCUT2D eigenvalue weighted by molar-refractivity contribution is 0.552. The fourth-order valence-corrected chi connectivity index (χ4v) is 3.95. The number of aromatic amines is 1. The van der Waals surface area contributed by atoms with Gasteiger partial charge in [0.05, 0.1) is 15.9 Å². The first-order valence-electron chi connectivity index (χ1n) is 6.53. The van der Waals surface area contributed by atoms with Crippen molar-refractivity contribution in [3.8, 4) is 0 Å². The lowest BCUT2D eigenvalue weighted by atomic mass is 10.3. The van der Waals surface area contributed by atoms with Crippen LogP contribution in [0.3, 0.4) is 0 Å². The van der Waals surface area contributed by atoms with Crippen LogP contribution in [-0.4, -0.2) is 24.4 Å². The number of hydrogen-bond acceptors (Lipinski definition) is 3. The third-order valence-electron chi connectivity index (χ3n) is 3.56. The molecule has 1 aromatic carbocycles. The predicted octanol–water partition coefficient (Wildman–Crippen LogP) is 2.09. The molecule has 0 radical (unpaired) electrons. The Morgan fingerprint density at radius 1 is 1.32 bits per heavy atom. The number of nitrogens with zero attached hydrogens (tertiary/aromatic N) is 1. The number of aromatic nitrogens is 2. The van der Waals surface area contributed by atoms with Crippen molar-refractivity contribution in [1.29, 1.82) is 0 Å². The third kappa shape index (κ3) is 2.50. The fourth-order valence-electron chi connectivity index (χ4n) is 2.61. The maximum Gasteiger partial charge on any atom is 0.240 e. The van der Waals surface area contributed by atoms with Crippen LogP contribution < -0.4 is 4.72 Å². The lowest BCUT2D eigenvalue weighted by Crippen LogP contribution is -2.32. The second-order valence-electron chi connectivity index (χ2n) is 5.10. The summed E-state index contributed by atoms with van der Waals surface area (Å²) in [4.78, 5) is 7.63. The van der Waals surface area contributed by atoms with Crippen molar-refractivity contribution in [2.24, 2.45) is 0 Å². The Labute approximate surface area is 112 Å². The highest BCUT2D eigenvalue weighted by atomic mass is 32.2. The van der Waals surface area contributed by atoms with Gasteiger partial charge in [-0.1, -0.05) is 12.8 Å². The van der Waals surface area contributed by atoms with E-state index < -0.39 is 10.0 Å². The zero-order valence-corrected chi connectivity index (χ0v) is 11.6. The molecule has 0 atom stereocenters. The van der Waals surface area contributed by atoms with Crippen molar-refractivity contribution in [2.45, 2.75) is 43.5 Å². The van der Waals surface area contributed by atoms with Crippen molar-refractivity contribution in [3.05, 3.63) is 24.0 Å². The first kappa shape index (κ1) is 12.6. The molecule has 1 fully saturated rings. The molecule has 5 nitrogen and oxygen atoms in total. The van der Waals surface area contributed by atoms with Gasteiger partial charge in [-0.2, -0.15) is 0 Å². The zero-order valence-electron chi connectivity index (χ0n) is 10.8. The number of benzene rings is 1. The average Bonchev–Trinajstić information content (AvgIpc) is 2.95. The molecule has 2 N–H and O–H groups in total. The molecule has 6 heteroatoms. The Morgan fingerprint density at radius 3 is 2.79 bits per heavy atom. The second-order valence-corrected chi connectivity index (χ2v) is 6.82. The fraction of sp³-hybridized carbons (Fsp3) is 0.462. The zero-order chi connectivity index (χ0) is 13.5. The van der Waals surface area contributed by atoms with Crippen molar-refractivity contribution in [1.82, 2.24) is 14.7 Å². The summed E-state index contributed by atoms with van der Waals surface area (Å²) in [6, 6.07) is 5.08. The minimum Gasteiger partial charge on any atom is -0.342 e. The van der Waals surface area contributed by atoms with Gasteiger partial charge in [-0.05, 0) is 38.0 Å². The van der Waals surface area contributed by atoms with E-state index in [9.17, 15) is 8.42 Å². The topological polar surface area (TPSA) is 74.8 Å². The van der Waals surface area contributed by atoms with Gasteiger partial charge in [0.1, 0.15) is 5.82 Å². The van der Waals surface area contributed by atoms with E-state index in [-0.39, 0.29) is 6.04 Å². The van der Waals surface area contributed by atoms with Crippen LogP contribution in [0.1, 0.15) is 31.5 Å². The maximum absolute atomic E-state index is 12.3. The number of rotatable bonds is 3. The van der Waals surface area contributed by atoms with Crippen LogP contribution in [0.5, 0.6) is 0 Å².